The molecule has 0 radical (unpaired) electrons. The van der Waals surface area contributed by atoms with E-state index in [1.165, 1.54) is 12.8 Å². The molecule has 1 aromatic rings. The van der Waals surface area contributed by atoms with Gasteiger partial charge in [0, 0.05) is 24.8 Å². The van der Waals surface area contributed by atoms with Gasteiger partial charge in [-0.25, -0.2) is 4.98 Å². The number of pyridine rings is 1. The van der Waals surface area contributed by atoms with E-state index >= 15 is 0 Å². The molecule has 1 fully saturated rings. The van der Waals surface area contributed by atoms with Crippen molar-refractivity contribution in [3.8, 4) is 0 Å². The minimum absolute atomic E-state index is 0.429. The molecule has 4 heteroatoms. The number of aromatic nitrogens is 1. The maximum atomic E-state index is 5.56. The molecule has 1 aliphatic carbocycles. The molecule has 0 saturated heterocycles. The van der Waals surface area contributed by atoms with Gasteiger partial charge in [0.25, 0.3) is 0 Å². The Balaban J connectivity index is 2.24. The molecule has 1 aromatic heterocycles. The molecule has 3 nitrogen and oxygen atoms in total. The van der Waals surface area contributed by atoms with E-state index in [9.17, 15) is 0 Å². The van der Waals surface area contributed by atoms with Crippen LogP contribution in [-0.2, 0) is 0 Å². The summed E-state index contributed by atoms with van der Waals surface area (Å²) in [4.78, 5) is 6.90. The average Bonchev–Trinajstić information content (AvgIpc) is 3.00. The van der Waals surface area contributed by atoms with Gasteiger partial charge in [0.2, 0.25) is 0 Å². The van der Waals surface area contributed by atoms with Crippen molar-refractivity contribution in [3.05, 3.63) is 23.9 Å². The average molecular weight is 207 g/mol. The molecule has 14 heavy (non-hydrogen) atoms. The number of nitrogens with two attached hydrogens (primary N) is 1. The van der Waals surface area contributed by atoms with Gasteiger partial charge in [-0.1, -0.05) is 12.2 Å². The Hall–Kier alpha value is -1.16. The maximum absolute atomic E-state index is 5.56. The Morgan fingerprint density at radius 3 is 2.93 bits per heavy atom. The van der Waals surface area contributed by atoms with Crippen molar-refractivity contribution in [1.29, 1.82) is 0 Å². The maximum Gasteiger partial charge on any atom is 0.129 e. The number of rotatable bonds is 3. The van der Waals surface area contributed by atoms with Crippen molar-refractivity contribution in [2.45, 2.75) is 18.9 Å². The van der Waals surface area contributed by atoms with E-state index in [2.05, 4.69) is 16.9 Å². The summed E-state index contributed by atoms with van der Waals surface area (Å²) in [5, 5.41) is 0. The third kappa shape index (κ3) is 1.85. The highest BCUT2D eigenvalue weighted by molar-refractivity contribution is 7.80. The van der Waals surface area contributed by atoms with Crippen molar-refractivity contribution in [2.24, 2.45) is 5.73 Å². The van der Waals surface area contributed by atoms with E-state index in [4.69, 9.17) is 18.0 Å². The summed E-state index contributed by atoms with van der Waals surface area (Å²) >= 11 is 4.92. The standard InChI is InChI=1S/C10H13N3S/c1-13(8-2-3-8)9-6-7(10(11)14)4-5-12-9/h4-6,8H,2-3H2,1H3,(H2,11,14). The van der Waals surface area contributed by atoms with Crippen molar-refractivity contribution >= 4 is 23.0 Å². The summed E-state index contributed by atoms with van der Waals surface area (Å²) in [5.74, 6) is 0.956. The first-order valence-corrected chi connectivity index (χ1v) is 5.08. The predicted octanol–water partition coefficient (Wildman–Crippen LogP) is 1.31. The van der Waals surface area contributed by atoms with Crippen LogP contribution in [0.3, 0.4) is 0 Å². The molecule has 74 valence electrons. The minimum Gasteiger partial charge on any atom is -0.389 e. The van der Waals surface area contributed by atoms with Crippen LogP contribution < -0.4 is 10.6 Å². The molecule has 0 amide bonds. The first-order chi connectivity index (χ1) is 6.68. The molecule has 2 N–H and O–H groups in total. The van der Waals surface area contributed by atoms with Crippen molar-refractivity contribution in [2.75, 3.05) is 11.9 Å². The van der Waals surface area contributed by atoms with Crippen LogP contribution in [0.2, 0.25) is 0 Å². The first kappa shape index (κ1) is 9.40. The van der Waals surface area contributed by atoms with E-state index in [0.29, 0.717) is 11.0 Å². The van der Waals surface area contributed by atoms with Crippen molar-refractivity contribution < 1.29 is 0 Å². The highest BCUT2D eigenvalue weighted by Gasteiger charge is 2.27. The van der Waals surface area contributed by atoms with Gasteiger partial charge in [-0.05, 0) is 25.0 Å². The second-order valence-corrected chi connectivity index (χ2v) is 4.05. The van der Waals surface area contributed by atoms with Gasteiger partial charge < -0.3 is 10.6 Å². The smallest absolute Gasteiger partial charge is 0.129 e. The number of hydrogen-bond donors (Lipinski definition) is 1. The van der Waals surface area contributed by atoms with Gasteiger partial charge >= 0.3 is 0 Å². The second kappa shape index (κ2) is 3.53. The Morgan fingerprint density at radius 2 is 2.36 bits per heavy atom. The molecule has 0 aliphatic heterocycles. The lowest BCUT2D eigenvalue weighted by atomic mass is 10.2. The summed E-state index contributed by atoms with van der Waals surface area (Å²) in [6, 6.07) is 4.44. The lowest BCUT2D eigenvalue weighted by molar-refractivity contribution is 0.892. The highest BCUT2D eigenvalue weighted by atomic mass is 32.1. The Kier molecular flexibility index (Phi) is 2.37. The number of thiocarbonyl (C=S) groups is 1. The normalized spacial score (nSPS) is 15.2. The molecule has 0 aromatic carbocycles. The van der Waals surface area contributed by atoms with Gasteiger partial charge in [0.05, 0.1) is 0 Å². The molecular formula is C10H13N3S. The third-order valence-corrected chi connectivity index (χ3v) is 2.72. The van der Waals surface area contributed by atoms with E-state index in [-0.39, 0.29) is 0 Å². The summed E-state index contributed by atoms with van der Waals surface area (Å²) < 4.78 is 0. The lowest BCUT2D eigenvalue weighted by Gasteiger charge is -2.17. The predicted molar refractivity (Wildman–Crippen MR) is 61.5 cm³/mol. The minimum atomic E-state index is 0.429. The van der Waals surface area contributed by atoms with Crippen LogP contribution in [0.25, 0.3) is 0 Å². The number of anilines is 1. The lowest BCUT2D eigenvalue weighted by Crippen LogP contribution is -2.21. The molecule has 1 aliphatic rings. The first-order valence-electron chi connectivity index (χ1n) is 4.67. The van der Waals surface area contributed by atoms with Crippen molar-refractivity contribution in [1.82, 2.24) is 4.98 Å². The molecule has 0 bridgehead atoms. The van der Waals surface area contributed by atoms with Crippen LogP contribution >= 0.6 is 12.2 Å². The second-order valence-electron chi connectivity index (χ2n) is 3.61. The van der Waals surface area contributed by atoms with Crippen LogP contribution in [0.1, 0.15) is 18.4 Å². The van der Waals surface area contributed by atoms with E-state index in [1.807, 2.05) is 12.1 Å². The fourth-order valence-corrected chi connectivity index (χ4v) is 1.54. The summed E-state index contributed by atoms with van der Waals surface area (Å²) in [6.07, 6.45) is 4.27. The third-order valence-electron chi connectivity index (χ3n) is 2.49. The molecule has 0 spiro atoms. The Morgan fingerprint density at radius 1 is 1.64 bits per heavy atom. The quantitative estimate of drug-likeness (QED) is 0.759. The van der Waals surface area contributed by atoms with Gasteiger partial charge in [-0.2, -0.15) is 0 Å². The van der Waals surface area contributed by atoms with Gasteiger partial charge in [0.1, 0.15) is 10.8 Å². The zero-order chi connectivity index (χ0) is 10.1. The molecule has 2 rings (SSSR count). The molecule has 1 heterocycles. The fourth-order valence-electron chi connectivity index (χ4n) is 1.41. The topological polar surface area (TPSA) is 42.1 Å². The van der Waals surface area contributed by atoms with Crippen LogP contribution in [0.5, 0.6) is 0 Å². The van der Waals surface area contributed by atoms with Crippen LogP contribution in [0, 0.1) is 0 Å². The fraction of sp³-hybridized carbons (Fsp3) is 0.400. The number of hydrogen-bond acceptors (Lipinski definition) is 3. The van der Waals surface area contributed by atoms with E-state index < -0.39 is 0 Å². The molecule has 1 saturated carbocycles. The van der Waals surface area contributed by atoms with Crippen LogP contribution in [0.15, 0.2) is 18.3 Å². The molecular weight excluding hydrogens is 194 g/mol. The van der Waals surface area contributed by atoms with Gasteiger partial charge in [-0.3, -0.25) is 0 Å². The zero-order valence-corrected chi connectivity index (χ0v) is 8.92. The van der Waals surface area contributed by atoms with Gasteiger partial charge in [0.15, 0.2) is 0 Å². The molecule has 0 unspecified atom stereocenters. The van der Waals surface area contributed by atoms with E-state index in [0.717, 1.165) is 11.4 Å². The Labute approximate surface area is 88.9 Å². The van der Waals surface area contributed by atoms with E-state index in [1.54, 1.807) is 6.20 Å². The van der Waals surface area contributed by atoms with Gasteiger partial charge in [-0.15, -0.1) is 0 Å². The van der Waals surface area contributed by atoms with Crippen molar-refractivity contribution in [3.63, 3.8) is 0 Å². The zero-order valence-electron chi connectivity index (χ0n) is 8.10. The SMILES string of the molecule is CN(c1cc(C(N)=S)ccn1)C1CC1. The summed E-state index contributed by atoms with van der Waals surface area (Å²) in [6.45, 7) is 0. The Bertz CT molecular complexity index is 360. The summed E-state index contributed by atoms with van der Waals surface area (Å²) in [7, 11) is 2.06. The van der Waals surface area contributed by atoms with Crippen LogP contribution in [0.4, 0.5) is 5.82 Å². The summed E-state index contributed by atoms with van der Waals surface area (Å²) in [5.41, 5.74) is 6.45. The largest absolute Gasteiger partial charge is 0.389 e. The monoisotopic (exact) mass is 207 g/mol. The molecule has 0 atom stereocenters. The highest BCUT2D eigenvalue weighted by Crippen LogP contribution is 2.29. The van der Waals surface area contributed by atoms with Crippen LogP contribution in [-0.4, -0.2) is 23.1 Å². The number of nitrogens with zero attached hydrogens (tertiary/aromatic N) is 2.